The van der Waals surface area contributed by atoms with Crippen molar-refractivity contribution in [1.29, 1.82) is 0 Å². The third-order valence-electron chi connectivity index (χ3n) is 3.41. The standard InChI is InChI=1S/C11H12ClNO/c1-14-10-3-2-7-8-4-6(5-9(8)12)11(7)13-10/h2-3,6,8-9H,4-5H2,1H3/t6-,8-,9+/m0/s1. The largest absolute Gasteiger partial charge is 0.481 e. The average Bonchev–Trinajstić information content (AvgIpc) is 2.74. The summed E-state index contributed by atoms with van der Waals surface area (Å²) in [5.74, 6) is 1.84. The number of hydrogen-bond acceptors (Lipinski definition) is 2. The molecule has 14 heavy (non-hydrogen) atoms. The first-order chi connectivity index (χ1) is 6.79. The zero-order chi connectivity index (χ0) is 9.71. The van der Waals surface area contributed by atoms with Gasteiger partial charge >= 0.3 is 0 Å². The van der Waals surface area contributed by atoms with E-state index in [1.807, 2.05) is 6.07 Å². The van der Waals surface area contributed by atoms with Crippen molar-refractivity contribution in [1.82, 2.24) is 4.98 Å². The lowest BCUT2D eigenvalue weighted by Gasteiger charge is -2.18. The van der Waals surface area contributed by atoms with E-state index in [-0.39, 0.29) is 0 Å². The Labute approximate surface area is 88.2 Å². The Morgan fingerprint density at radius 3 is 3.07 bits per heavy atom. The Kier molecular flexibility index (Phi) is 1.75. The summed E-state index contributed by atoms with van der Waals surface area (Å²) in [6.07, 6.45) is 2.27. The molecule has 1 fully saturated rings. The maximum atomic E-state index is 6.25. The number of pyridine rings is 1. The summed E-state index contributed by atoms with van der Waals surface area (Å²) < 4.78 is 5.13. The van der Waals surface area contributed by atoms with Gasteiger partial charge in [-0.25, -0.2) is 4.98 Å². The topological polar surface area (TPSA) is 22.1 Å². The molecule has 0 saturated heterocycles. The molecule has 0 unspecified atom stereocenters. The maximum Gasteiger partial charge on any atom is 0.213 e. The van der Waals surface area contributed by atoms with Gasteiger partial charge in [0.25, 0.3) is 0 Å². The molecule has 3 rings (SSSR count). The number of methoxy groups -OCH3 is 1. The van der Waals surface area contributed by atoms with E-state index >= 15 is 0 Å². The molecule has 1 saturated carbocycles. The van der Waals surface area contributed by atoms with Crippen molar-refractivity contribution < 1.29 is 4.74 Å². The highest BCUT2D eigenvalue weighted by Crippen LogP contribution is 2.54. The van der Waals surface area contributed by atoms with Gasteiger partial charge < -0.3 is 4.74 Å². The lowest BCUT2D eigenvalue weighted by atomic mass is 9.96. The minimum atomic E-state index is 0.322. The molecule has 0 aliphatic heterocycles. The maximum absolute atomic E-state index is 6.25. The molecule has 1 aromatic rings. The second-order valence-electron chi connectivity index (χ2n) is 4.12. The number of nitrogens with zero attached hydrogens (tertiary/aromatic N) is 1. The fourth-order valence-electron chi connectivity index (χ4n) is 2.75. The quantitative estimate of drug-likeness (QED) is 0.664. The van der Waals surface area contributed by atoms with Gasteiger partial charge in [0.1, 0.15) is 0 Å². The number of aromatic nitrogens is 1. The summed E-state index contributed by atoms with van der Waals surface area (Å²) in [6.45, 7) is 0. The molecule has 0 radical (unpaired) electrons. The molecule has 3 atom stereocenters. The van der Waals surface area contributed by atoms with Crippen LogP contribution in [0.1, 0.15) is 35.9 Å². The number of fused-ring (bicyclic) bond motifs is 5. The fourth-order valence-corrected chi connectivity index (χ4v) is 3.21. The average molecular weight is 210 g/mol. The van der Waals surface area contributed by atoms with Crippen LogP contribution in [0, 0.1) is 0 Å². The lowest BCUT2D eigenvalue weighted by molar-refractivity contribution is 0.395. The summed E-state index contributed by atoms with van der Waals surface area (Å²) in [7, 11) is 1.66. The van der Waals surface area contributed by atoms with Crippen LogP contribution >= 0.6 is 11.6 Å². The molecule has 2 aliphatic carbocycles. The van der Waals surface area contributed by atoms with Crippen molar-refractivity contribution in [3.05, 3.63) is 23.4 Å². The molecule has 74 valence electrons. The van der Waals surface area contributed by atoms with Gasteiger partial charge in [0.2, 0.25) is 5.88 Å². The van der Waals surface area contributed by atoms with Gasteiger partial charge in [0.05, 0.1) is 12.8 Å². The van der Waals surface area contributed by atoms with Gasteiger partial charge in [0.15, 0.2) is 0 Å². The van der Waals surface area contributed by atoms with Gasteiger partial charge in [-0.05, 0) is 18.4 Å². The van der Waals surface area contributed by atoms with Crippen molar-refractivity contribution in [2.75, 3.05) is 7.11 Å². The van der Waals surface area contributed by atoms with Crippen LogP contribution in [0.5, 0.6) is 5.88 Å². The summed E-state index contributed by atoms with van der Waals surface area (Å²) in [4.78, 5) is 4.51. The van der Waals surface area contributed by atoms with E-state index in [2.05, 4.69) is 11.1 Å². The van der Waals surface area contributed by atoms with E-state index in [0.717, 1.165) is 12.3 Å². The second-order valence-corrected chi connectivity index (χ2v) is 4.68. The van der Waals surface area contributed by atoms with Gasteiger partial charge in [0, 0.05) is 23.3 Å². The monoisotopic (exact) mass is 209 g/mol. The normalized spacial score (nSPS) is 33.1. The Morgan fingerprint density at radius 2 is 2.29 bits per heavy atom. The van der Waals surface area contributed by atoms with E-state index < -0.39 is 0 Å². The molecule has 1 aromatic heterocycles. The van der Waals surface area contributed by atoms with Crippen LogP contribution in [-0.4, -0.2) is 17.5 Å². The van der Waals surface area contributed by atoms with Crippen LogP contribution in [0.4, 0.5) is 0 Å². The van der Waals surface area contributed by atoms with Crippen LogP contribution in [0.2, 0.25) is 0 Å². The smallest absolute Gasteiger partial charge is 0.213 e. The van der Waals surface area contributed by atoms with Crippen LogP contribution in [-0.2, 0) is 0 Å². The highest BCUT2D eigenvalue weighted by molar-refractivity contribution is 6.21. The number of hydrogen-bond donors (Lipinski definition) is 0. The molecule has 2 nitrogen and oxygen atoms in total. The van der Waals surface area contributed by atoms with Crippen molar-refractivity contribution >= 4 is 11.6 Å². The molecule has 0 aromatic carbocycles. The Hall–Kier alpha value is -0.760. The van der Waals surface area contributed by atoms with Crippen molar-refractivity contribution in [3.8, 4) is 5.88 Å². The Bertz CT molecular complexity index is 380. The molecule has 0 amide bonds. The summed E-state index contributed by atoms with van der Waals surface area (Å²) in [6, 6.07) is 4.06. The van der Waals surface area contributed by atoms with Gasteiger partial charge in [-0.15, -0.1) is 11.6 Å². The SMILES string of the molecule is COc1ccc2c(n1)[C@@H]1C[C@@H](Cl)[C@H]2C1. The Balaban J connectivity index is 2.08. The van der Waals surface area contributed by atoms with Crippen LogP contribution in [0.15, 0.2) is 12.1 Å². The second kappa shape index (κ2) is 2.86. The van der Waals surface area contributed by atoms with Crippen LogP contribution < -0.4 is 4.74 Å². The first-order valence-electron chi connectivity index (χ1n) is 4.98. The number of rotatable bonds is 1. The highest BCUT2D eigenvalue weighted by atomic mass is 35.5. The first kappa shape index (κ1) is 8.54. The third kappa shape index (κ3) is 1.01. The lowest BCUT2D eigenvalue weighted by Crippen LogP contribution is -2.11. The van der Waals surface area contributed by atoms with Crippen molar-refractivity contribution in [2.24, 2.45) is 0 Å². The van der Waals surface area contributed by atoms with Crippen LogP contribution in [0.3, 0.4) is 0 Å². The summed E-state index contributed by atoms with van der Waals surface area (Å²) in [5, 5.41) is 0.322. The molecular weight excluding hydrogens is 198 g/mol. The molecule has 3 heteroatoms. The number of halogens is 1. The molecule has 1 heterocycles. The van der Waals surface area contributed by atoms with E-state index in [1.54, 1.807) is 7.11 Å². The van der Waals surface area contributed by atoms with Crippen molar-refractivity contribution in [2.45, 2.75) is 30.1 Å². The minimum Gasteiger partial charge on any atom is -0.481 e. The molecule has 2 aliphatic rings. The van der Waals surface area contributed by atoms with Gasteiger partial charge in [-0.3, -0.25) is 0 Å². The summed E-state index contributed by atoms with van der Waals surface area (Å²) in [5.41, 5.74) is 2.58. The predicted molar refractivity (Wildman–Crippen MR) is 55.1 cm³/mol. The predicted octanol–water partition coefficient (Wildman–Crippen LogP) is 2.67. The number of ether oxygens (including phenoxy) is 1. The van der Waals surface area contributed by atoms with Gasteiger partial charge in [-0.2, -0.15) is 0 Å². The molecule has 0 spiro atoms. The first-order valence-corrected chi connectivity index (χ1v) is 5.42. The van der Waals surface area contributed by atoms with Crippen molar-refractivity contribution in [3.63, 3.8) is 0 Å². The fraction of sp³-hybridized carbons (Fsp3) is 0.545. The van der Waals surface area contributed by atoms with E-state index in [1.165, 1.54) is 17.7 Å². The van der Waals surface area contributed by atoms with E-state index in [0.29, 0.717) is 17.2 Å². The minimum absolute atomic E-state index is 0.322. The third-order valence-corrected chi connectivity index (χ3v) is 3.89. The Morgan fingerprint density at radius 1 is 1.43 bits per heavy atom. The molecular formula is C11H12ClNO. The zero-order valence-electron chi connectivity index (χ0n) is 8.03. The van der Waals surface area contributed by atoms with Crippen LogP contribution in [0.25, 0.3) is 0 Å². The molecule has 2 bridgehead atoms. The van der Waals surface area contributed by atoms with E-state index in [4.69, 9.17) is 16.3 Å². The summed E-state index contributed by atoms with van der Waals surface area (Å²) >= 11 is 6.25. The van der Waals surface area contributed by atoms with E-state index in [9.17, 15) is 0 Å². The zero-order valence-corrected chi connectivity index (χ0v) is 8.79. The number of alkyl halides is 1. The van der Waals surface area contributed by atoms with Gasteiger partial charge in [-0.1, -0.05) is 6.07 Å². The molecule has 0 N–H and O–H groups in total. The highest BCUT2D eigenvalue weighted by Gasteiger charge is 2.44.